The summed E-state index contributed by atoms with van der Waals surface area (Å²) in [5.41, 5.74) is 3.25. The number of nitrogens with zero attached hydrogens (tertiary/aromatic N) is 4. The van der Waals surface area contributed by atoms with Gasteiger partial charge in [0.1, 0.15) is 6.54 Å². The topological polar surface area (TPSA) is 72.7 Å². The fourth-order valence-electron chi connectivity index (χ4n) is 2.50. The first-order valence-corrected chi connectivity index (χ1v) is 8.90. The zero-order valence-electron chi connectivity index (χ0n) is 14.5. The summed E-state index contributed by atoms with van der Waals surface area (Å²) in [4.78, 5) is 13.3. The molecular formula is C19H20ClN5O. The SMILES string of the molecule is CCc1ccc(-c2nnn(CC(=O)NCCc3ccc(Cl)cc3)n2)cc1. The molecule has 3 aromatic rings. The molecule has 0 aliphatic heterocycles. The van der Waals surface area contributed by atoms with E-state index in [-0.39, 0.29) is 12.5 Å². The van der Waals surface area contributed by atoms with Crippen molar-refractivity contribution in [3.63, 3.8) is 0 Å². The number of halogens is 1. The number of aromatic nitrogens is 4. The summed E-state index contributed by atoms with van der Waals surface area (Å²) in [6.45, 7) is 2.69. The van der Waals surface area contributed by atoms with Gasteiger partial charge in [0.2, 0.25) is 11.7 Å². The van der Waals surface area contributed by atoms with Crippen LogP contribution < -0.4 is 5.32 Å². The molecule has 26 heavy (non-hydrogen) atoms. The molecule has 6 nitrogen and oxygen atoms in total. The normalized spacial score (nSPS) is 10.7. The van der Waals surface area contributed by atoms with Crippen molar-refractivity contribution in [2.75, 3.05) is 6.54 Å². The molecule has 7 heteroatoms. The maximum atomic E-state index is 12.0. The van der Waals surface area contributed by atoms with E-state index in [4.69, 9.17) is 11.6 Å². The molecular weight excluding hydrogens is 350 g/mol. The van der Waals surface area contributed by atoms with Crippen LogP contribution in [0.4, 0.5) is 0 Å². The minimum Gasteiger partial charge on any atom is -0.354 e. The number of aryl methyl sites for hydroxylation is 1. The van der Waals surface area contributed by atoms with Crippen LogP contribution in [0.15, 0.2) is 48.5 Å². The van der Waals surface area contributed by atoms with Crippen molar-refractivity contribution >= 4 is 17.5 Å². The van der Waals surface area contributed by atoms with Crippen LogP contribution in [0.25, 0.3) is 11.4 Å². The summed E-state index contributed by atoms with van der Waals surface area (Å²) in [5.74, 6) is 0.367. The predicted molar refractivity (Wildman–Crippen MR) is 101 cm³/mol. The fraction of sp³-hybridized carbons (Fsp3) is 0.263. The van der Waals surface area contributed by atoms with Crippen molar-refractivity contribution in [3.05, 3.63) is 64.7 Å². The maximum absolute atomic E-state index is 12.0. The van der Waals surface area contributed by atoms with Crippen molar-refractivity contribution in [3.8, 4) is 11.4 Å². The van der Waals surface area contributed by atoms with E-state index in [9.17, 15) is 4.79 Å². The van der Waals surface area contributed by atoms with Crippen LogP contribution in [0.2, 0.25) is 5.02 Å². The van der Waals surface area contributed by atoms with Gasteiger partial charge in [0, 0.05) is 17.1 Å². The minimum absolute atomic E-state index is 0.0423. The number of tetrazole rings is 1. The lowest BCUT2D eigenvalue weighted by atomic mass is 10.1. The number of hydrogen-bond acceptors (Lipinski definition) is 4. The summed E-state index contributed by atoms with van der Waals surface area (Å²) < 4.78 is 0. The monoisotopic (exact) mass is 369 g/mol. The van der Waals surface area contributed by atoms with Gasteiger partial charge in [-0.05, 0) is 41.3 Å². The smallest absolute Gasteiger partial charge is 0.243 e. The Morgan fingerprint density at radius 1 is 1.08 bits per heavy atom. The number of rotatable bonds is 7. The highest BCUT2D eigenvalue weighted by Gasteiger charge is 2.09. The van der Waals surface area contributed by atoms with Crippen LogP contribution in [0.3, 0.4) is 0 Å². The van der Waals surface area contributed by atoms with Crippen LogP contribution in [-0.2, 0) is 24.2 Å². The van der Waals surface area contributed by atoms with Crippen molar-refractivity contribution < 1.29 is 4.79 Å². The Balaban J connectivity index is 1.50. The number of benzene rings is 2. The van der Waals surface area contributed by atoms with Crippen LogP contribution in [0, 0.1) is 0 Å². The molecule has 0 aliphatic carbocycles. The highest BCUT2D eigenvalue weighted by atomic mass is 35.5. The van der Waals surface area contributed by atoms with E-state index in [0.717, 1.165) is 24.0 Å². The maximum Gasteiger partial charge on any atom is 0.243 e. The third-order valence-electron chi connectivity index (χ3n) is 4.01. The van der Waals surface area contributed by atoms with Crippen molar-refractivity contribution in [2.24, 2.45) is 0 Å². The molecule has 0 saturated heterocycles. The van der Waals surface area contributed by atoms with Crippen molar-refractivity contribution in [2.45, 2.75) is 26.3 Å². The molecule has 1 heterocycles. The zero-order chi connectivity index (χ0) is 18.4. The lowest BCUT2D eigenvalue weighted by Crippen LogP contribution is -2.30. The predicted octanol–water partition coefficient (Wildman–Crippen LogP) is 2.91. The Morgan fingerprint density at radius 2 is 1.77 bits per heavy atom. The third-order valence-corrected chi connectivity index (χ3v) is 4.26. The van der Waals surface area contributed by atoms with E-state index in [1.54, 1.807) is 0 Å². The molecule has 1 aromatic heterocycles. The van der Waals surface area contributed by atoms with Gasteiger partial charge in [-0.25, -0.2) is 0 Å². The molecule has 0 saturated carbocycles. The van der Waals surface area contributed by atoms with Crippen LogP contribution >= 0.6 is 11.6 Å². The van der Waals surface area contributed by atoms with Gasteiger partial charge in [0.25, 0.3) is 0 Å². The van der Waals surface area contributed by atoms with Crippen molar-refractivity contribution in [1.82, 2.24) is 25.5 Å². The molecule has 0 radical (unpaired) electrons. The first-order valence-electron chi connectivity index (χ1n) is 8.52. The van der Waals surface area contributed by atoms with E-state index in [1.165, 1.54) is 10.4 Å². The molecule has 0 unspecified atom stereocenters. The van der Waals surface area contributed by atoms with E-state index in [2.05, 4.69) is 27.7 Å². The number of amides is 1. The van der Waals surface area contributed by atoms with Crippen molar-refractivity contribution in [1.29, 1.82) is 0 Å². The Kier molecular flexibility index (Phi) is 5.96. The fourth-order valence-corrected chi connectivity index (χ4v) is 2.62. The summed E-state index contributed by atoms with van der Waals surface area (Å²) in [5, 5.41) is 15.8. The molecule has 1 amide bonds. The van der Waals surface area contributed by atoms with Gasteiger partial charge in [-0.3, -0.25) is 4.79 Å². The second-order valence-corrected chi connectivity index (χ2v) is 6.36. The molecule has 0 spiro atoms. The third kappa shape index (κ3) is 4.89. The van der Waals surface area contributed by atoms with E-state index in [0.29, 0.717) is 17.4 Å². The number of carbonyl (C=O) groups is 1. The molecule has 3 rings (SSSR count). The molecule has 1 N–H and O–H groups in total. The quantitative estimate of drug-likeness (QED) is 0.695. The number of hydrogen-bond donors (Lipinski definition) is 1. The summed E-state index contributed by atoms with van der Waals surface area (Å²) in [7, 11) is 0. The van der Waals surface area contributed by atoms with Crippen LogP contribution in [0.5, 0.6) is 0 Å². The summed E-state index contributed by atoms with van der Waals surface area (Å²) in [6.07, 6.45) is 1.72. The highest BCUT2D eigenvalue weighted by Crippen LogP contribution is 2.14. The first-order chi connectivity index (χ1) is 12.6. The van der Waals surface area contributed by atoms with Gasteiger partial charge in [0.05, 0.1) is 0 Å². The zero-order valence-corrected chi connectivity index (χ0v) is 15.3. The second kappa shape index (κ2) is 8.58. The lowest BCUT2D eigenvalue weighted by Gasteiger charge is -2.05. The average Bonchev–Trinajstić information content (AvgIpc) is 3.12. The van der Waals surface area contributed by atoms with Gasteiger partial charge in [-0.15, -0.1) is 10.2 Å². The highest BCUT2D eigenvalue weighted by molar-refractivity contribution is 6.30. The second-order valence-electron chi connectivity index (χ2n) is 5.92. The van der Waals surface area contributed by atoms with Crippen LogP contribution in [-0.4, -0.2) is 32.7 Å². The lowest BCUT2D eigenvalue weighted by molar-refractivity contribution is -0.122. The van der Waals surface area contributed by atoms with E-state index < -0.39 is 0 Å². The minimum atomic E-state index is -0.149. The average molecular weight is 370 g/mol. The molecule has 134 valence electrons. The van der Waals surface area contributed by atoms with E-state index >= 15 is 0 Å². The van der Waals surface area contributed by atoms with Gasteiger partial charge < -0.3 is 5.32 Å². The summed E-state index contributed by atoms with van der Waals surface area (Å²) in [6, 6.07) is 15.6. The molecule has 0 aliphatic rings. The molecule has 0 fully saturated rings. The standard InChI is InChI=1S/C19H20ClN5O/c1-2-14-3-7-16(8-4-14)19-22-24-25(23-19)13-18(26)21-12-11-15-5-9-17(20)10-6-15/h3-10H,2,11-13H2,1H3,(H,21,26). The Bertz CT molecular complexity index is 858. The first kappa shape index (κ1) is 18.1. The Morgan fingerprint density at radius 3 is 2.46 bits per heavy atom. The van der Waals surface area contributed by atoms with E-state index in [1.807, 2.05) is 48.5 Å². The van der Waals surface area contributed by atoms with Gasteiger partial charge in [0.15, 0.2) is 0 Å². The molecule has 2 aromatic carbocycles. The number of carbonyl (C=O) groups excluding carboxylic acids is 1. The largest absolute Gasteiger partial charge is 0.354 e. The van der Waals surface area contributed by atoms with Gasteiger partial charge >= 0.3 is 0 Å². The Hall–Kier alpha value is -2.73. The van der Waals surface area contributed by atoms with Gasteiger partial charge in [-0.1, -0.05) is 54.9 Å². The molecule has 0 bridgehead atoms. The van der Waals surface area contributed by atoms with Gasteiger partial charge in [-0.2, -0.15) is 4.80 Å². The molecule has 0 atom stereocenters. The summed E-state index contributed by atoms with van der Waals surface area (Å²) >= 11 is 5.86. The Labute approximate surface area is 157 Å². The van der Waals surface area contributed by atoms with Crippen LogP contribution in [0.1, 0.15) is 18.1 Å². The number of nitrogens with one attached hydrogen (secondary N) is 1.